The molecule has 3 aromatic rings. The van der Waals surface area contributed by atoms with Crippen molar-refractivity contribution in [3.63, 3.8) is 0 Å². The number of carbonyl (C=O) groups excluding carboxylic acids is 1. The summed E-state index contributed by atoms with van der Waals surface area (Å²) in [4.78, 5) is 16.3. The molecule has 0 spiro atoms. The van der Waals surface area contributed by atoms with Crippen LogP contribution in [0.1, 0.15) is 17.9 Å². The van der Waals surface area contributed by atoms with Crippen LogP contribution in [-0.2, 0) is 11.2 Å². The van der Waals surface area contributed by atoms with Crippen LogP contribution in [0.4, 0.5) is 5.69 Å². The number of nitrogens with zero attached hydrogens (tertiary/aromatic N) is 1. The van der Waals surface area contributed by atoms with E-state index < -0.39 is 0 Å². The molecule has 0 atom stereocenters. The third kappa shape index (κ3) is 4.03. The zero-order valence-corrected chi connectivity index (χ0v) is 14.0. The number of oxazole rings is 1. The molecule has 1 heterocycles. The van der Waals surface area contributed by atoms with Crippen molar-refractivity contribution in [1.82, 2.24) is 4.98 Å². The van der Waals surface area contributed by atoms with Gasteiger partial charge in [0.05, 0.1) is 16.9 Å². The average Bonchev–Trinajstić information content (AvgIpc) is 3.05. The van der Waals surface area contributed by atoms with Crippen molar-refractivity contribution in [1.29, 1.82) is 0 Å². The molecule has 0 bridgehead atoms. The minimum atomic E-state index is -0.127. The first-order valence-corrected chi connectivity index (χ1v) is 8.06. The number of aromatic nitrogens is 1. The summed E-state index contributed by atoms with van der Waals surface area (Å²) >= 11 is 6.02. The van der Waals surface area contributed by atoms with Gasteiger partial charge in [0.15, 0.2) is 11.7 Å². The number of hydrogen-bond acceptors (Lipinski definition) is 3. The van der Waals surface area contributed by atoms with Crippen LogP contribution in [0.25, 0.3) is 11.3 Å². The Morgan fingerprint density at radius 2 is 1.92 bits per heavy atom. The minimum Gasteiger partial charge on any atom is -0.441 e. The fourth-order valence-electron chi connectivity index (χ4n) is 2.27. The summed E-state index contributed by atoms with van der Waals surface area (Å²) in [6.45, 7) is 2.03. The van der Waals surface area contributed by atoms with E-state index in [-0.39, 0.29) is 12.3 Å². The van der Waals surface area contributed by atoms with Crippen molar-refractivity contribution in [3.8, 4) is 11.3 Å². The third-order valence-corrected chi connectivity index (χ3v) is 3.93. The van der Waals surface area contributed by atoms with Crippen LogP contribution < -0.4 is 5.32 Å². The molecular formula is C19H17ClN2O2. The Bertz CT molecular complexity index is 841. The van der Waals surface area contributed by atoms with Crippen LogP contribution in [0.5, 0.6) is 0 Å². The van der Waals surface area contributed by atoms with Gasteiger partial charge in [0.1, 0.15) is 0 Å². The molecule has 1 amide bonds. The van der Waals surface area contributed by atoms with Gasteiger partial charge >= 0.3 is 0 Å². The van der Waals surface area contributed by atoms with E-state index in [1.165, 1.54) is 5.56 Å². The highest BCUT2D eigenvalue weighted by Crippen LogP contribution is 2.22. The Morgan fingerprint density at radius 1 is 1.17 bits per heavy atom. The predicted octanol–water partition coefficient (Wildman–Crippen LogP) is 4.87. The number of anilines is 1. The first-order chi connectivity index (χ1) is 11.6. The van der Waals surface area contributed by atoms with Crippen molar-refractivity contribution in [2.45, 2.75) is 19.8 Å². The maximum Gasteiger partial charge on any atom is 0.224 e. The molecule has 0 aliphatic heterocycles. The zero-order chi connectivity index (χ0) is 16.9. The van der Waals surface area contributed by atoms with Gasteiger partial charge in [0, 0.05) is 18.4 Å². The zero-order valence-electron chi connectivity index (χ0n) is 13.3. The lowest BCUT2D eigenvalue weighted by Crippen LogP contribution is -2.12. The minimum absolute atomic E-state index is 0.127. The Labute approximate surface area is 145 Å². The molecule has 1 N–H and O–H groups in total. The van der Waals surface area contributed by atoms with Gasteiger partial charge in [-0.25, -0.2) is 4.98 Å². The Balaban J connectivity index is 1.58. The highest BCUT2D eigenvalue weighted by molar-refractivity contribution is 6.33. The van der Waals surface area contributed by atoms with Crippen LogP contribution in [0.15, 0.2) is 59.1 Å². The predicted molar refractivity (Wildman–Crippen MR) is 95.1 cm³/mol. The first-order valence-electron chi connectivity index (χ1n) is 7.68. The summed E-state index contributed by atoms with van der Waals surface area (Å²) in [5.41, 5.74) is 2.77. The summed E-state index contributed by atoms with van der Waals surface area (Å²) < 4.78 is 5.72. The number of nitrogens with one attached hydrogen (secondary N) is 1. The van der Waals surface area contributed by atoms with Crippen LogP contribution in [-0.4, -0.2) is 10.9 Å². The van der Waals surface area contributed by atoms with E-state index in [1.807, 2.05) is 43.3 Å². The van der Waals surface area contributed by atoms with Gasteiger partial charge in [0.2, 0.25) is 5.91 Å². The van der Waals surface area contributed by atoms with E-state index in [9.17, 15) is 4.79 Å². The lowest BCUT2D eigenvalue weighted by Gasteiger charge is -2.05. The summed E-state index contributed by atoms with van der Waals surface area (Å²) in [6.07, 6.45) is 2.40. The maximum atomic E-state index is 12.0. The van der Waals surface area contributed by atoms with Gasteiger partial charge < -0.3 is 9.73 Å². The maximum absolute atomic E-state index is 12.0. The summed E-state index contributed by atoms with van der Waals surface area (Å²) in [5.74, 6) is 1.12. The lowest BCUT2D eigenvalue weighted by molar-refractivity contribution is -0.116. The molecule has 0 fully saturated rings. The standard InChI is InChI=1S/C19H17ClN2O2/c1-13-6-8-14(9-7-13)17-12-21-19(24-17)11-10-18(23)22-16-5-3-2-4-15(16)20/h2-9,12H,10-11H2,1H3,(H,22,23). The number of aryl methyl sites for hydroxylation is 2. The number of carbonyl (C=O) groups is 1. The molecule has 0 unspecified atom stereocenters. The molecule has 5 heteroatoms. The molecule has 0 saturated heterocycles. The van der Waals surface area contributed by atoms with Crippen molar-refractivity contribution in [2.75, 3.05) is 5.32 Å². The fourth-order valence-corrected chi connectivity index (χ4v) is 2.46. The van der Waals surface area contributed by atoms with E-state index in [0.717, 1.165) is 5.56 Å². The Hall–Kier alpha value is -2.59. The molecule has 0 radical (unpaired) electrons. The molecule has 0 saturated carbocycles. The third-order valence-electron chi connectivity index (χ3n) is 3.60. The monoisotopic (exact) mass is 340 g/mol. The number of para-hydroxylation sites is 1. The van der Waals surface area contributed by atoms with E-state index in [0.29, 0.717) is 28.8 Å². The Morgan fingerprint density at radius 3 is 2.67 bits per heavy atom. The lowest BCUT2D eigenvalue weighted by atomic mass is 10.1. The van der Waals surface area contributed by atoms with Gasteiger partial charge in [-0.1, -0.05) is 53.6 Å². The summed E-state index contributed by atoms with van der Waals surface area (Å²) in [6, 6.07) is 15.2. The quantitative estimate of drug-likeness (QED) is 0.720. The summed E-state index contributed by atoms with van der Waals surface area (Å²) in [7, 11) is 0. The molecule has 3 rings (SSSR count). The number of halogens is 1. The van der Waals surface area contributed by atoms with Gasteiger partial charge in [-0.2, -0.15) is 0 Å². The van der Waals surface area contributed by atoms with Crippen LogP contribution in [0.3, 0.4) is 0 Å². The molecule has 122 valence electrons. The normalized spacial score (nSPS) is 10.6. The fraction of sp³-hybridized carbons (Fsp3) is 0.158. The Kier molecular flexibility index (Phi) is 4.96. The highest BCUT2D eigenvalue weighted by Gasteiger charge is 2.10. The van der Waals surface area contributed by atoms with Crippen molar-refractivity contribution in [3.05, 3.63) is 71.2 Å². The highest BCUT2D eigenvalue weighted by atomic mass is 35.5. The second-order valence-corrected chi connectivity index (χ2v) is 5.92. The van der Waals surface area contributed by atoms with Gasteiger partial charge in [-0.05, 0) is 19.1 Å². The summed E-state index contributed by atoms with van der Waals surface area (Å²) in [5, 5.41) is 3.30. The van der Waals surface area contributed by atoms with Gasteiger partial charge in [-0.3, -0.25) is 4.79 Å². The van der Waals surface area contributed by atoms with E-state index in [2.05, 4.69) is 10.3 Å². The van der Waals surface area contributed by atoms with Gasteiger partial charge in [0.25, 0.3) is 0 Å². The SMILES string of the molecule is Cc1ccc(-c2cnc(CCC(=O)Nc3ccccc3Cl)o2)cc1. The van der Waals surface area contributed by atoms with Crippen LogP contribution >= 0.6 is 11.6 Å². The molecule has 0 aliphatic rings. The van der Waals surface area contributed by atoms with Crippen LogP contribution in [0, 0.1) is 6.92 Å². The average molecular weight is 341 g/mol. The topological polar surface area (TPSA) is 55.1 Å². The molecule has 2 aromatic carbocycles. The number of benzene rings is 2. The number of amides is 1. The first kappa shape index (κ1) is 16.3. The second kappa shape index (κ2) is 7.32. The van der Waals surface area contributed by atoms with Gasteiger partial charge in [-0.15, -0.1) is 0 Å². The van der Waals surface area contributed by atoms with Crippen molar-refractivity contribution in [2.24, 2.45) is 0 Å². The largest absolute Gasteiger partial charge is 0.441 e. The molecular weight excluding hydrogens is 324 g/mol. The van der Waals surface area contributed by atoms with E-state index in [1.54, 1.807) is 18.3 Å². The number of rotatable bonds is 5. The van der Waals surface area contributed by atoms with Crippen LogP contribution in [0.2, 0.25) is 5.02 Å². The molecule has 24 heavy (non-hydrogen) atoms. The molecule has 1 aromatic heterocycles. The number of hydrogen-bond donors (Lipinski definition) is 1. The van der Waals surface area contributed by atoms with Crippen molar-refractivity contribution < 1.29 is 9.21 Å². The van der Waals surface area contributed by atoms with E-state index in [4.69, 9.17) is 16.0 Å². The molecule has 0 aliphatic carbocycles. The smallest absolute Gasteiger partial charge is 0.224 e. The van der Waals surface area contributed by atoms with E-state index >= 15 is 0 Å². The second-order valence-electron chi connectivity index (χ2n) is 5.51. The van der Waals surface area contributed by atoms with Crippen molar-refractivity contribution >= 4 is 23.2 Å². The molecule has 4 nitrogen and oxygen atoms in total.